The third-order valence-electron chi connectivity index (χ3n) is 4.19. The van der Waals surface area contributed by atoms with Crippen LogP contribution in [0.2, 0.25) is 0 Å². The normalized spacial score (nSPS) is 11.1. The summed E-state index contributed by atoms with van der Waals surface area (Å²) in [5.41, 5.74) is 1.30. The molecular weight excluding hydrogens is 306 g/mol. The topological polar surface area (TPSA) is 84.1 Å². The molecule has 0 radical (unpaired) electrons. The number of aromatic nitrogens is 2. The second-order valence-corrected chi connectivity index (χ2v) is 5.72. The summed E-state index contributed by atoms with van der Waals surface area (Å²) in [5.74, 6) is -0.121. The third kappa shape index (κ3) is 4.22. The van der Waals surface area contributed by atoms with Crippen LogP contribution in [0.25, 0.3) is 0 Å². The number of ether oxygens (including phenoxy) is 1. The smallest absolute Gasteiger partial charge is 0.348 e. The van der Waals surface area contributed by atoms with E-state index in [9.17, 15) is 9.59 Å². The molecule has 0 unspecified atom stereocenters. The molecule has 6 nitrogen and oxygen atoms in total. The number of hydrogen-bond acceptors (Lipinski definition) is 4. The Balaban J connectivity index is 2.08. The number of nitrogens with one attached hydrogen (secondary N) is 2. The summed E-state index contributed by atoms with van der Waals surface area (Å²) < 4.78 is 5.30. The van der Waals surface area contributed by atoms with E-state index in [1.807, 2.05) is 45.0 Å². The number of H-pyrrole nitrogens is 1. The minimum absolute atomic E-state index is 0.128. The molecule has 6 heteroatoms. The molecular formula is C18H23N3O3. The van der Waals surface area contributed by atoms with Crippen LogP contribution >= 0.6 is 0 Å². The molecule has 0 saturated carbocycles. The summed E-state index contributed by atoms with van der Waals surface area (Å²) in [7, 11) is 0. The van der Waals surface area contributed by atoms with Gasteiger partial charge in [0, 0.05) is 12.3 Å². The van der Waals surface area contributed by atoms with Crippen LogP contribution in [0.3, 0.4) is 0 Å². The molecule has 0 atom stereocenters. The van der Waals surface area contributed by atoms with Gasteiger partial charge in [0.2, 0.25) is 5.88 Å². The maximum absolute atomic E-state index is 12.3. The van der Waals surface area contributed by atoms with E-state index in [4.69, 9.17) is 4.74 Å². The Morgan fingerprint density at radius 2 is 1.88 bits per heavy atom. The van der Waals surface area contributed by atoms with Gasteiger partial charge in [0.1, 0.15) is 0 Å². The minimum atomic E-state index is -0.510. The SMILES string of the molecule is CCC(CC)(NC(=O)COc1cc[nH]c(=O)n1)c1ccc(C)cc1. The van der Waals surface area contributed by atoms with Gasteiger partial charge in [-0.3, -0.25) is 4.79 Å². The van der Waals surface area contributed by atoms with E-state index in [2.05, 4.69) is 15.3 Å². The lowest BCUT2D eigenvalue weighted by Crippen LogP contribution is -2.47. The molecule has 0 spiro atoms. The Hall–Kier alpha value is -2.63. The van der Waals surface area contributed by atoms with Crippen molar-refractivity contribution in [1.29, 1.82) is 0 Å². The van der Waals surface area contributed by atoms with E-state index in [0.29, 0.717) is 0 Å². The predicted molar refractivity (Wildman–Crippen MR) is 91.9 cm³/mol. The molecule has 0 aliphatic heterocycles. The van der Waals surface area contributed by atoms with Crippen LogP contribution in [0, 0.1) is 6.92 Å². The number of amides is 1. The van der Waals surface area contributed by atoms with Gasteiger partial charge >= 0.3 is 5.69 Å². The van der Waals surface area contributed by atoms with E-state index in [1.54, 1.807) is 0 Å². The molecule has 2 N–H and O–H groups in total. The fourth-order valence-corrected chi connectivity index (χ4v) is 2.66. The highest BCUT2D eigenvalue weighted by molar-refractivity contribution is 5.78. The zero-order chi connectivity index (χ0) is 17.6. The van der Waals surface area contributed by atoms with Crippen LogP contribution < -0.4 is 15.7 Å². The van der Waals surface area contributed by atoms with Crippen LogP contribution in [-0.4, -0.2) is 22.5 Å². The summed E-state index contributed by atoms with van der Waals surface area (Å²) in [6.45, 7) is 5.93. The maximum atomic E-state index is 12.3. The monoisotopic (exact) mass is 329 g/mol. The lowest BCUT2D eigenvalue weighted by molar-refractivity contribution is -0.125. The van der Waals surface area contributed by atoms with Crippen molar-refractivity contribution in [2.75, 3.05) is 6.61 Å². The van der Waals surface area contributed by atoms with E-state index >= 15 is 0 Å². The van der Waals surface area contributed by atoms with Crippen molar-refractivity contribution in [3.63, 3.8) is 0 Å². The highest BCUT2D eigenvalue weighted by Crippen LogP contribution is 2.29. The van der Waals surface area contributed by atoms with Gasteiger partial charge in [-0.25, -0.2) is 4.79 Å². The van der Waals surface area contributed by atoms with Crippen molar-refractivity contribution in [2.45, 2.75) is 39.2 Å². The zero-order valence-corrected chi connectivity index (χ0v) is 14.3. The van der Waals surface area contributed by atoms with Crippen LogP contribution in [0.1, 0.15) is 37.8 Å². The Morgan fingerprint density at radius 3 is 2.46 bits per heavy atom. The summed E-state index contributed by atoms with van der Waals surface area (Å²) in [6, 6.07) is 9.67. The highest BCUT2D eigenvalue weighted by Gasteiger charge is 2.30. The lowest BCUT2D eigenvalue weighted by atomic mass is 9.84. The number of carbonyl (C=O) groups excluding carboxylic acids is 1. The Labute approximate surface area is 141 Å². The summed E-state index contributed by atoms with van der Waals surface area (Å²) >= 11 is 0. The second-order valence-electron chi connectivity index (χ2n) is 5.72. The molecule has 1 heterocycles. The number of aromatic amines is 1. The Morgan fingerprint density at radius 1 is 1.21 bits per heavy atom. The van der Waals surface area contributed by atoms with Gasteiger partial charge in [0.05, 0.1) is 5.54 Å². The minimum Gasteiger partial charge on any atom is -0.467 e. The zero-order valence-electron chi connectivity index (χ0n) is 14.3. The molecule has 1 aromatic carbocycles. The van der Waals surface area contributed by atoms with E-state index < -0.39 is 11.2 Å². The average molecular weight is 329 g/mol. The number of nitrogens with zero attached hydrogens (tertiary/aromatic N) is 1. The largest absolute Gasteiger partial charge is 0.467 e. The molecule has 0 bridgehead atoms. The number of benzene rings is 1. The van der Waals surface area contributed by atoms with Crippen molar-refractivity contribution in [3.05, 3.63) is 58.1 Å². The van der Waals surface area contributed by atoms with Gasteiger partial charge in [-0.2, -0.15) is 4.98 Å². The number of rotatable bonds is 7. The summed E-state index contributed by atoms with van der Waals surface area (Å²) in [5, 5.41) is 3.07. The fraction of sp³-hybridized carbons (Fsp3) is 0.389. The molecule has 0 aliphatic carbocycles. The number of carbonyl (C=O) groups is 1. The van der Waals surface area contributed by atoms with Crippen molar-refractivity contribution in [3.8, 4) is 5.88 Å². The van der Waals surface area contributed by atoms with E-state index in [-0.39, 0.29) is 18.4 Å². The molecule has 2 rings (SSSR count). The van der Waals surface area contributed by atoms with Crippen molar-refractivity contribution < 1.29 is 9.53 Å². The average Bonchev–Trinajstić information content (AvgIpc) is 2.59. The van der Waals surface area contributed by atoms with Crippen LogP contribution in [-0.2, 0) is 10.3 Å². The molecule has 24 heavy (non-hydrogen) atoms. The van der Waals surface area contributed by atoms with Crippen LogP contribution in [0.5, 0.6) is 5.88 Å². The standard InChI is InChI=1S/C18H23N3O3/c1-4-18(5-2,14-8-6-13(3)7-9-14)21-15(22)12-24-16-10-11-19-17(23)20-16/h6-11H,4-5,12H2,1-3H3,(H,21,22)(H,19,20,23). The molecule has 0 aliphatic rings. The fourth-order valence-electron chi connectivity index (χ4n) is 2.66. The number of aryl methyl sites for hydroxylation is 1. The molecule has 0 fully saturated rings. The summed E-state index contributed by atoms with van der Waals surface area (Å²) in [4.78, 5) is 29.5. The third-order valence-corrected chi connectivity index (χ3v) is 4.19. The molecule has 128 valence electrons. The first-order valence-electron chi connectivity index (χ1n) is 8.06. The first-order valence-corrected chi connectivity index (χ1v) is 8.06. The molecule has 1 amide bonds. The molecule has 0 saturated heterocycles. The Bertz CT molecular complexity index is 734. The van der Waals surface area contributed by atoms with Gasteiger partial charge in [0.15, 0.2) is 6.61 Å². The van der Waals surface area contributed by atoms with Crippen LogP contribution in [0.15, 0.2) is 41.3 Å². The second kappa shape index (κ2) is 7.77. The van der Waals surface area contributed by atoms with E-state index in [0.717, 1.165) is 18.4 Å². The van der Waals surface area contributed by atoms with Crippen LogP contribution in [0.4, 0.5) is 0 Å². The lowest BCUT2D eigenvalue weighted by Gasteiger charge is -2.33. The van der Waals surface area contributed by atoms with Gasteiger partial charge < -0.3 is 15.0 Å². The Kier molecular flexibility index (Phi) is 5.73. The van der Waals surface area contributed by atoms with E-state index in [1.165, 1.54) is 17.8 Å². The van der Waals surface area contributed by atoms with Crippen molar-refractivity contribution in [1.82, 2.24) is 15.3 Å². The maximum Gasteiger partial charge on any atom is 0.348 e. The van der Waals surface area contributed by atoms with Gasteiger partial charge in [0.25, 0.3) is 5.91 Å². The first kappa shape index (κ1) is 17.7. The van der Waals surface area contributed by atoms with Crippen molar-refractivity contribution >= 4 is 5.91 Å². The quantitative estimate of drug-likeness (QED) is 0.816. The first-order chi connectivity index (χ1) is 11.5. The molecule has 2 aromatic rings. The van der Waals surface area contributed by atoms with Gasteiger partial charge in [-0.1, -0.05) is 43.7 Å². The number of hydrogen-bond donors (Lipinski definition) is 2. The van der Waals surface area contributed by atoms with Gasteiger partial charge in [-0.15, -0.1) is 0 Å². The highest BCUT2D eigenvalue weighted by atomic mass is 16.5. The molecule has 1 aromatic heterocycles. The van der Waals surface area contributed by atoms with Crippen molar-refractivity contribution in [2.24, 2.45) is 0 Å². The van der Waals surface area contributed by atoms with Gasteiger partial charge in [-0.05, 0) is 25.3 Å². The summed E-state index contributed by atoms with van der Waals surface area (Å²) in [6.07, 6.45) is 2.96. The predicted octanol–water partition coefficient (Wildman–Crippen LogP) is 2.29.